The monoisotopic (exact) mass is 1350 g/mol. The first-order chi connectivity index (χ1) is 51.4. The molecule has 22 rings (SSSR count). The standard InChI is InChI=1S/C47H29N3.C25H16BO2.C22H14ClN3/c1-4-14-40-35(11-1)36-12-2-5-15-41(36)47(40)42-16-6-3-13-37(42)38-23-22-32(27-43(38)47)34-26-39(46-44(28-34)50-25-8-7-17-45(50)49-46)31-20-18-30(19-21-31)33-10-9-24-48-29-33;27-26-28-16-13-14-20-19-9-3-6-12-23(19)25(24(20)15-16)21-10-4-1-7-17(21)18-8-2-5-11-22(18)25;23-18-12-19(22-20(13-18)26-11-2-1-5-21(26)25-22)16-8-6-15(7-9-16)17-4-3-10-24-14-17/h1-29H;1-15,27H;1-14H/p+2. The van der Waals surface area contributed by atoms with E-state index in [1.807, 2.05) is 67.3 Å². The van der Waals surface area contributed by atoms with Gasteiger partial charge in [0.05, 0.1) is 23.2 Å². The molecule has 3 N–H and O–H groups in total. The van der Waals surface area contributed by atoms with Gasteiger partial charge in [0.15, 0.2) is 22.1 Å². The van der Waals surface area contributed by atoms with Crippen LogP contribution in [0.4, 0.5) is 0 Å². The van der Waals surface area contributed by atoms with Gasteiger partial charge < -0.3 is 9.68 Å². The number of aromatic nitrogens is 6. The maximum absolute atomic E-state index is 9.17. The van der Waals surface area contributed by atoms with Crippen molar-refractivity contribution < 1.29 is 18.5 Å². The predicted octanol–water partition coefficient (Wildman–Crippen LogP) is 20.9. The van der Waals surface area contributed by atoms with Gasteiger partial charge in [0.2, 0.25) is 0 Å². The first-order valence-electron chi connectivity index (χ1n) is 35.0. The summed E-state index contributed by atoms with van der Waals surface area (Å²) in [5, 5.41) is 9.89. The lowest BCUT2D eigenvalue weighted by Gasteiger charge is -2.30. The molecule has 6 aromatic heterocycles. The Morgan fingerprint density at radius 2 is 0.683 bits per heavy atom. The Kier molecular flexibility index (Phi) is 14.3. The molecule has 8 nitrogen and oxygen atoms in total. The summed E-state index contributed by atoms with van der Waals surface area (Å²) < 4.78 is 9.72. The van der Waals surface area contributed by atoms with Crippen LogP contribution in [-0.4, -0.2) is 32.6 Å². The number of pyridine rings is 4. The van der Waals surface area contributed by atoms with Gasteiger partial charge in [-0.3, -0.25) is 9.97 Å². The van der Waals surface area contributed by atoms with Crippen LogP contribution < -0.4 is 13.5 Å². The second kappa shape index (κ2) is 24.4. The maximum Gasteiger partial charge on any atom is 0.569 e. The number of H-pyrrole nitrogens is 2. The third-order valence-corrected chi connectivity index (χ3v) is 22.0. The number of imidazole rings is 2. The molecule has 4 aliphatic carbocycles. The molecular formula is C94H61BClN6O2+2. The van der Waals surface area contributed by atoms with Gasteiger partial charge in [-0.1, -0.05) is 248 Å². The lowest BCUT2D eigenvalue weighted by molar-refractivity contribution is -0.481. The van der Waals surface area contributed by atoms with Gasteiger partial charge in [0.25, 0.3) is 11.3 Å². The maximum atomic E-state index is 9.17. The summed E-state index contributed by atoms with van der Waals surface area (Å²) in [5.41, 5.74) is 38.1. The zero-order valence-corrected chi connectivity index (χ0v) is 56.8. The fourth-order valence-electron chi connectivity index (χ4n) is 17.5. The van der Waals surface area contributed by atoms with Gasteiger partial charge in [0, 0.05) is 59.1 Å². The van der Waals surface area contributed by atoms with Crippen molar-refractivity contribution in [2.45, 2.75) is 10.8 Å². The molecule has 0 saturated heterocycles. The Bertz CT molecular complexity index is 6340. The van der Waals surface area contributed by atoms with Crippen molar-refractivity contribution in [3.8, 4) is 106 Å². The van der Waals surface area contributed by atoms with Crippen molar-refractivity contribution in [1.29, 1.82) is 0 Å². The van der Waals surface area contributed by atoms with E-state index >= 15 is 0 Å². The number of rotatable bonds is 7. The van der Waals surface area contributed by atoms with Crippen LogP contribution in [0.3, 0.4) is 0 Å². The second-order valence-corrected chi connectivity index (χ2v) is 27.5. The van der Waals surface area contributed by atoms with E-state index < -0.39 is 0 Å². The first-order valence-corrected chi connectivity index (χ1v) is 35.4. The molecule has 487 valence electrons. The molecule has 0 atom stereocenters. The highest BCUT2D eigenvalue weighted by Crippen LogP contribution is 2.65. The van der Waals surface area contributed by atoms with E-state index in [4.69, 9.17) is 21.3 Å². The SMILES string of the molecule is Clc1cc(-c2ccc(-c3cccnc3)cc2)c2[nH]c3cccc[n+]3c2c1.O[B]Oc1ccc2c(c1)C1(c3ccccc3-c3ccccc31)c1ccccc1-2.c1cncc(-c2ccc(-c3cc(-c4ccc5c(c4)C4(c6ccccc6-c6ccccc64)c4ccccc4-5)cc4c3[nH]c3cccc[n+]34)cc2)c1. The predicted molar refractivity (Wildman–Crippen MR) is 418 cm³/mol. The van der Waals surface area contributed by atoms with Gasteiger partial charge in [-0.2, -0.15) is 8.80 Å². The summed E-state index contributed by atoms with van der Waals surface area (Å²) in [4.78, 5) is 15.8. The zero-order chi connectivity index (χ0) is 69.0. The molecule has 18 aromatic rings. The molecular weight excluding hydrogens is 1290 g/mol. The number of benzene rings is 12. The first kappa shape index (κ1) is 60.9. The topological polar surface area (TPSA) is 95.0 Å². The van der Waals surface area contributed by atoms with E-state index in [1.54, 1.807) is 6.20 Å². The second-order valence-electron chi connectivity index (χ2n) is 27.0. The number of fused-ring (bicyclic) bond motifs is 26. The molecule has 0 fully saturated rings. The summed E-state index contributed by atoms with van der Waals surface area (Å²) in [6, 6.07) is 113. The molecule has 6 heterocycles. The van der Waals surface area contributed by atoms with Crippen LogP contribution >= 0.6 is 11.6 Å². The molecule has 0 saturated carbocycles. The Labute approximate surface area is 606 Å². The summed E-state index contributed by atoms with van der Waals surface area (Å²) in [7, 11) is 0.743. The Morgan fingerprint density at radius 3 is 1.12 bits per heavy atom. The van der Waals surface area contributed by atoms with Crippen molar-refractivity contribution in [3.63, 3.8) is 0 Å². The fourth-order valence-corrected chi connectivity index (χ4v) is 17.7. The van der Waals surface area contributed by atoms with E-state index in [0.29, 0.717) is 5.75 Å². The quantitative estimate of drug-likeness (QED) is 0.109. The van der Waals surface area contributed by atoms with Crippen LogP contribution in [0.15, 0.2) is 353 Å². The van der Waals surface area contributed by atoms with E-state index in [2.05, 4.69) is 308 Å². The highest BCUT2D eigenvalue weighted by atomic mass is 35.5. The summed E-state index contributed by atoms with van der Waals surface area (Å²) in [5.74, 6) is 0.635. The number of hydrogen-bond acceptors (Lipinski definition) is 4. The number of halogens is 1. The summed E-state index contributed by atoms with van der Waals surface area (Å²) in [6.45, 7) is 0. The molecule has 0 amide bonds. The van der Waals surface area contributed by atoms with Crippen LogP contribution in [0.25, 0.3) is 134 Å². The van der Waals surface area contributed by atoms with Gasteiger partial charge in [-0.25, -0.2) is 9.97 Å². The van der Waals surface area contributed by atoms with Gasteiger partial charge in [-0.05, 0) is 194 Å². The van der Waals surface area contributed by atoms with Gasteiger partial charge in [0.1, 0.15) is 5.75 Å². The van der Waals surface area contributed by atoms with Crippen molar-refractivity contribution in [1.82, 2.24) is 19.9 Å². The van der Waals surface area contributed by atoms with E-state index in [0.717, 1.165) is 79.4 Å². The molecule has 4 aliphatic rings. The number of hydrogen-bond donors (Lipinski definition) is 3. The van der Waals surface area contributed by atoms with Crippen LogP contribution in [0.5, 0.6) is 5.75 Å². The minimum Gasteiger partial charge on any atom is -0.537 e. The van der Waals surface area contributed by atoms with Gasteiger partial charge in [-0.15, -0.1) is 0 Å². The minimum atomic E-state index is -0.375. The van der Waals surface area contributed by atoms with Crippen molar-refractivity contribution in [2.75, 3.05) is 0 Å². The Hall–Kier alpha value is -13.0. The molecule has 12 aromatic carbocycles. The van der Waals surface area contributed by atoms with Crippen LogP contribution in [-0.2, 0) is 10.8 Å². The normalized spacial score (nSPS) is 13.1. The Balaban J connectivity index is 0.000000113. The van der Waals surface area contributed by atoms with Crippen LogP contribution in [0, 0.1) is 0 Å². The summed E-state index contributed by atoms with van der Waals surface area (Å²) >= 11 is 6.42. The summed E-state index contributed by atoms with van der Waals surface area (Å²) in [6.07, 6.45) is 11.6. The van der Waals surface area contributed by atoms with Gasteiger partial charge >= 0.3 is 7.69 Å². The number of nitrogens with zero attached hydrogens (tertiary/aromatic N) is 4. The lowest BCUT2D eigenvalue weighted by Crippen LogP contribution is -2.25. The number of nitrogens with one attached hydrogen (secondary N) is 2. The lowest BCUT2D eigenvalue weighted by atomic mass is 9.70. The van der Waals surface area contributed by atoms with E-state index in [1.165, 1.54) is 111 Å². The van der Waals surface area contributed by atoms with E-state index in [9.17, 15) is 0 Å². The fraction of sp³-hybridized carbons (Fsp3) is 0.0213. The minimum absolute atomic E-state index is 0.367. The molecule has 1 radical (unpaired) electrons. The average molecular weight is 1350 g/mol. The largest absolute Gasteiger partial charge is 0.569 e. The van der Waals surface area contributed by atoms with Crippen LogP contribution in [0.1, 0.15) is 44.5 Å². The molecule has 2 spiro atoms. The molecule has 0 unspecified atom stereocenters. The van der Waals surface area contributed by atoms with Crippen LogP contribution in [0.2, 0.25) is 5.02 Å². The highest BCUT2D eigenvalue weighted by molar-refractivity contribution is 6.31. The average Bonchev–Trinajstić information content (AvgIpc) is 1.52. The molecule has 10 heteroatoms. The number of aromatic amines is 2. The molecule has 104 heavy (non-hydrogen) atoms. The van der Waals surface area contributed by atoms with E-state index in [-0.39, 0.29) is 10.8 Å². The zero-order valence-electron chi connectivity index (χ0n) is 56.1. The van der Waals surface area contributed by atoms with Crippen molar-refractivity contribution >= 4 is 52.6 Å². The molecule has 0 aliphatic heterocycles. The smallest absolute Gasteiger partial charge is 0.537 e. The third kappa shape index (κ3) is 9.30. The highest BCUT2D eigenvalue weighted by Gasteiger charge is 2.53. The molecule has 0 bridgehead atoms. The third-order valence-electron chi connectivity index (χ3n) is 21.8. The van der Waals surface area contributed by atoms with Crippen molar-refractivity contribution in [3.05, 3.63) is 402 Å². The Morgan fingerprint density at radius 1 is 0.308 bits per heavy atom. The van der Waals surface area contributed by atoms with Crippen molar-refractivity contribution in [2.24, 2.45) is 0 Å².